The number of hydrogen-bond donors (Lipinski definition) is 1. The zero-order valence-electron chi connectivity index (χ0n) is 11.3. The summed E-state index contributed by atoms with van der Waals surface area (Å²) in [5.41, 5.74) is 0.850. The Morgan fingerprint density at radius 2 is 2.20 bits per heavy atom. The van der Waals surface area contributed by atoms with Gasteiger partial charge in [0, 0.05) is 18.3 Å². The second kappa shape index (κ2) is 6.90. The standard InChI is InChI=1S/C14H15BrClN3O/c1-3-6-17-14-10(15)8-18-13(19-14)9-4-5-12(20-2)11(16)7-9/h4-5,7-8H,3,6H2,1-2H3,(H,17,18,19). The lowest BCUT2D eigenvalue weighted by Gasteiger charge is -2.09. The van der Waals surface area contributed by atoms with Crippen molar-refractivity contribution >= 4 is 33.3 Å². The summed E-state index contributed by atoms with van der Waals surface area (Å²) in [6.45, 7) is 2.96. The lowest BCUT2D eigenvalue weighted by atomic mass is 10.2. The van der Waals surface area contributed by atoms with Crippen molar-refractivity contribution in [2.24, 2.45) is 0 Å². The van der Waals surface area contributed by atoms with Gasteiger partial charge in [-0.25, -0.2) is 9.97 Å². The summed E-state index contributed by atoms with van der Waals surface area (Å²) in [7, 11) is 1.59. The van der Waals surface area contributed by atoms with Gasteiger partial charge < -0.3 is 10.1 Å². The van der Waals surface area contributed by atoms with E-state index in [4.69, 9.17) is 16.3 Å². The van der Waals surface area contributed by atoms with E-state index < -0.39 is 0 Å². The molecule has 0 atom stereocenters. The third kappa shape index (κ3) is 3.41. The molecule has 1 N–H and O–H groups in total. The van der Waals surface area contributed by atoms with Gasteiger partial charge in [0.05, 0.1) is 16.6 Å². The number of anilines is 1. The Morgan fingerprint density at radius 1 is 1.40 bits per heavy atom. The van der Waals surface area contributed by atoms with Crippen molar-refractivity contribution in [2.75, 3.05) is 19.0 Å². The number of aromatic nitrogens is 2. The van der Waals surface area contributed by atoms with Crippen LogP contribution in [0.25, 0.3) is 11.4 Å². The van der Waals surface area contributed by atoms with Crippen molar-refractivity contribution in [1.82, 2.24) is 9.97 Å². The van der Waals surface area contributed by atoms with Gasteiger partial charge in [-0.3, -0.25) is 0 Å². The first-order valence-electron chi connectivity index (χ1n) is 6.26. The van der Waals surface area contributed by atoms with E-state index in [0.29, 0.717) is 16.6 Å². The number of nitrogens with one attached hydrogen (secondary N) is 1. The highest BCUT2D eigenvalue weighted by molar-refractivity contribution is 9.10. The van der Waals surface area contributed by atoms with Crippen molar-refractivity contribution < 1.29 is 4.74 Å². The second-order valence-corrected chi connectivity index (χ2v) is 5.43. The van der Waals surface area contributed by atoms with Crippen molar-refractivity contribution in [2.45, 2.75) is 13.3 Å². The third-order valence-corrected chi connectivity index (χ3v) is 3.57. The van der Waals surface area contributed by atoms with Crippen LogP contribution in [0.2, 0.25) is 5.02 Å². The molecule has 2 aromatic rings. The van der Waals surface area contributed by atoms with E-state index in [0.717, 1.165) is 28.8 Å². The average Bonchev–Trinajstić information content (AvgIpc) is 2.46. The fourth-order valence-corrected chi connectivity index (χ4v) is 2.27. The van der Waals surface area contributed by atoms with Crippen LogP contribution in [0.15, 0.2) is 28.9 Å². The molecule has 1 heterocycles. The molecule has 4 nitrogen and oxygen atoms in total. The van der Waals surface area contributed by atoms with Crippen LogP contribution in [0.3, 0.4) is 0 Å². The Hall–Kier alpha value is -1.33. The Morgan fingerprint density at radius 3 is 2.85 bits per heavy atom. The first-order chi connectivity index (χ1) is 9.65. The molecule has 0 unspecified atom stereocenters. The Balaban J connectivity index is 2.35. The summed E-state index contributed by atoms with van der Waals surface area (Å²) in [4.78, 5) is 8.82. The van der Waals surface area contributed by atoms with Crippen LogP contribution >= 0.6 is 27.5 Å². The number of benzene rings is 1. The SMILES string of the molecule is CCCNc1nc(-c2ccc(OC)c(Cl)c2)ncc1Br. The summed E-state index contributed by atoms with van der Waals surface area (Å²) >= 11 is 9.57. The molecular weight excluding hydrogens is 342 g/mol. The molecule has 0 aliphatic carbocycles. The zero-order valence-corrected chi connectivity index (χ0v) is 13.6. The lowest BCUT2D eigenvalue weighted by Crippen LogP contribution is -2.04. The van der Waals surface area contributed by atoms with E-state index in [-0.39, 0.29) is 0 Å². The van der Waals surface area contributed by atoms with E-state index in [1.165, 1.54) is 0 Å². The predicted octanol–water partition coefficient (Wildman–Crippen LogP) is 4.39. The monoisotopic (exact) mass is 355 g/mol. The molecule has 0 saturated heterocycles. The summed E-state index contributed by atoms with van der Waals surface area (Å²) in [5.74, 6) is 2.04. The average molecular weight is 357 g/mol. The van der Waals surface area contributed by atoms with E-state index in [2.05, 4.69) is 38.1 Å². The molecule has 0 aliphatic rings. The summed E-state index contributed by atoms with van der Waals surface area (Å²) < 4.78 is 5.98. The minimum Gasteiger partial charge on any atom is -0.495 e. The van der Waals surface area contributed by atoms with E-state index in [1.807, 2.05) is 12.1 Å². The Kier molecular flexibility index (Phi) is 5.20. The lowest BCUT2D eigenvalue weighted by molar-refractivity contribution is 0.415. The maximum Gasteiger partial charge on any atom is 0.161 e. The largest absolute Gasteiger partial charge is 0.495 e. The van der Waals surface area contributed by atoms with Crippen molar-refractivity contribution in [1.29, 1.82) is 0 Å². The van der Waals surface area contributed by atoms with Crippen molar-refractivity contribution in [3.05, 3.63) is 33.9 Å². The van der Waals surface area contributed by atoms with Crippen LogP contribution in [0, 0.1) is 0 Å². The molecule has 6 heteroatoms. The molecule has 0 aliphatic heterocycles. The minimum atomic E-state index is 0.541. The van der Waals surface area contributed by atoms with Crippen LogP contribution < -0.4 is 10.1 Å². The first kappa shape index (κ1) is 15.1. The quantitative estimate of drug-likeness (QED) is 0.863. The summed E-state index contributed by atoms with van der Waals surface area (Å²) in [6, 6.07) is 5.49. The molecule has 2 rings (SSSR count). The molecular formula is C14H15BrClN3O. The number of methoxy groups -OCH3 is 1. The van der Waals surface area contributed by atoms with E-state index in [9.17, 15) is 0 Å². The van der Waals surface area contributed by atoms with Gasteiger partial charge in [-0.2, -0.15) is 0 Å². The Bertz CT molecular complexity index is 607. The van der Waals surface area contributed by atoms with Gasteiger partial charge in [-0.15, -0.1) is 0 Å². The van der Waals surface area contributed by atoms with Gasteiger partial charge in [0.2, 0.25) is 0 Å². The second-order valence-electron chi connectivity index (χ2n) is 4.17. The number of hydrogen-bond acceptors (Lipinski definition) is 4. The molecule has 106 valence electrons. The highest BCUT2D eigenvalue weighted by Crippen LogP contribution is 2.30. The number of ether oxygens (including phenoxy) is 1. The maximum atomic E-state index is 6.13. The van der Waals surface area contributed by atoms with E-state index >= 15 is 0 Å². The molecule has 1 aromatic heterocycles. The molecule has 20 heavy (non-hydrogen) atoms. The normalized spacial score (nSPS) is 10.4. The van der Waals surface area contributed by atoms with Crippen LogP contribution in [-0.4, -0.2) is 23.6 Å². The molecule has 0 spiro atoms. The third-order valence-electron chi connectivity index (χ3n) is 2.70. The molecule has 0 fully saturated rings. The Labute approximate surface area is 131 Å². The van der Waals surface area contributed by atoms with Crippen LogP contribution in [0.5, 0.6) is 5.75 Å². The van der Waals surface area contributed by atoms with Gasteiger partial charge in [-0.1, -0.05) is 18.5 Å². The first-order valence-corrected chi connectivity index (χ1v) is 7.43. The molecule has 0 bridgehead atoms. The van der Waals surface area contributed by atoms with Gasteiger partial charge in [0.15, 0.2) is 5.82 Å². The zero-order chi connectivity index (χ0) is 14.5. The van der Waals surface area contributed by atoms with Crippen LogP contribution in [0.4, 0.5) is 5.82 Å². The number of nitrogens with zero attached hydrogens (tertiary/aromatic N) is 2. The fraction of sp³-hybridized carbons (Fsp3) is 0.286. The molecule has 0 amide bonds. The van der Waals surface area contributed by atoms with Crippen molar-refractivity contribution in [3.8, 4) is 17.1 Å². The van der Waals surface area contributed by atoms with Crippen molar-refractivity contribution in [3.63, 3.8) is 0 Å². The fourth-order valence-electron chi connectivity index (χ4n) is 1.68. The van der Waals surface area contributed by atoms with Gasteiger partial charge in [-0.05, 0) is 40.5 Å². The topological polar surface area (TPSA) is 47.0 Å². The highest BCUT2D eigenvalue weighted by Gasteiger charge is 2.09. The maximum absolute atomic E-state index is 6.13. The van der Waals surface area contributed by atoms with Crippen LogP contribution in [0.1, 0.15) is 13.3 Å². The predicted molar refractivity (Wildman–Crippen MR) is 85.5 cm³/mol. The number of halogens is 2. The van der Waals surface area contributed by atoms with Gasteiger partial charge in [0.1, 0.15) is 11.6 Å². The molecule has 1 aromatic carbocycles. The minimum absolute atomic E-state index is 0.541. The molecule has 0 radical (unpaired) electrons. The summed E-state index contributed by atoms with van der Waals surface area (Å²) in [6.07, 6.45) is 2.76. The highest BCUT2D eigenvalue weighted by atomic mass is 79.9. The summed E-state index contributed by atoms with van der Waals surface area (Å²) in [5, 5.41) is 3.80. The molecule has 0 saturated carbocycles. The van der Waals surface area contributed by atoms with Crippen LogP contribution in [-0.2, 0) is 0 Å². The van der Waals surface area contributed by atoms with Gasteiger partial charge in [0.25, 0.3) is 0 Å². The van der Waals surface area contributed by atoms with E-state index in [1.54, 1.807) is 19.4 Å². The van der Waals surface area contributed by atoms with Gasteiger partial charge >= 0.3 is 0 Å². The number of rotatable bonds is 5. The smallest absolute Gasteiger partial charge is 0.161 e.